The number of thiazole rings is 1. The average molecular weight is 387 g/mol. The molecule has 3 aromatic rings. The molecular weight excluding hydrogens is 370 g/mol. The molecule has 26 heavy (non-hydrogen) atoms. The molecule has 0 aliphatic heterocycles. The van der Waals surface area contributed by atoms with Crippen molar-refractivity contribution in [1.82, 2.24) is 14.8 Å². The molecule has 0 aliphatic rings. The van der Waals surface area contributed by atoms with Crippen molar-refractivity contribution in [3.05, 3.63) is 53.5 Å². The van der Waals surface area contributed by atoms with Gasteiger partial charge in [-0.15, -0.1) is 11.8 Å². The number of anilines is 1. The Morgan fingerprint density at radius 3 is 2.58 bits per heavy atom. The van der Waals surface area contributed by atoms with Crippen molar-refractivity contribution in [2.24, 2.45) is 5.73 Å². The molecular formula is C17H17N5O2S2. The zero-order valence-corrected chi connectivity index (χ0v) is 15.9. The van der Waals surface area contributed by atoms with Crippen LogP contribution in [0.1, 0.15) is 21.7 Å². The molecule has 0 unspecified atom stereocenters. The monoisotopic (exact) mass is 387 g/mol. The first-order valence-corrected chi connectivity index (χ1v) is 9.55. The van der Waals surface area contributed by atoms with E-state index in [9.17, 15) is 9.59 Å². The van der Waals surface area contributed by atoms with Crippen LogP contribution in [0.15, 0.2) is 40.7 Å². The Morgan fingerprint density at radius 1 is 1.23 bits per heavy atom. The number of carbonyl (C=O) groups is 2. The highest BCUT2D eigenvalue weighted by Crippen LogP contribution is 2.32. The third-order valence-electron chi connectivity index (χ3n) is 3.53. The number of nitrogens with one attached hydrogen (secondary N) is 1. The number of aromatic nitrogens is 3. The largest absolute Gasteiger partial charge is 0.369 e. The first-order valence-electron chi connectivity index (χ1n) is 7.75. The summed E-state index contributed by atoms with van der Waals surface area (Å²) in [6, 6.07) is 9.09. The van der Waals surface area contributed by atoms with Crippen LogP contribution in [0.5, 0.6) is 0 Å². The number of benzene rings is 1. The molecule has 134 valence electrons. The lowest BCUT2D eigenvalue weighted by molar-refractivity contribution is -0.115. The van der Waals surface area contributed by atoms with Gasteiger partial charge >= 0.3 is 0 Å². The number of rotatable bonds is 6. The number of amides is 2. The van der Waals surface area contributed by atoms with E-state index in [2.05, 4.69) is 15.4 Å². The number of aryl methyl sites for hydroxylation is 2. The number of thioether (sulfide) groups is 1. The van der Waals surface area contributed by atoms with E-state index in [4.69, 9.17) is 5.73 Å². The van der Waals surface area contributed by atoms with Gasteiger partial charge in [-0.3, -0.25) is 14.9 Å². The lowest BCUT2D eigenvalue weighted by atomic mass is 10.2. The van der Waals surface area contributed by atoms with Crippen LogP contribution in [0.3, 0.4) is 0 Å². The predicted molar refractivity (Wildman–Crippen MR) is 103 cm³/mol. The predicted octanol–water partition coefficient (Wildman–Crippen LogP) is 2.78. The number of nitrogens with two attached hydrogens (primary N) is 1. The number of nitrogens with zero attached hydrogens (tertiary/aromatic N) is 3. The van der Waals surface area contributed by atoms with E-state index in [1.807, 2.05) is 32.0 Å². The summed E-state index contributed by atoms with van der Waals surface area (Å²) >= 11 is 2.65. The molecule has 0 bridgehead atoms. The summed E-state index contributed by atoms with van der Waals surface area (Å²) in [5, 5.41) is 7.52. The van der Waals surface area contributed by atoms with Gasteiger partial charge in [0, 0.05) is 17.5 Å². The minimum Gasteiger partial charge on any atom is -0.369 e. The van der Waals surface area contributed by atoms with Crippen molar-refractivity contribution in [2.45, 2.75) is 18.1 Å². The lowest BCUT2D eigenvalue weighted by Gasteiger charge is -2.06. The standard InChI is InChI=1S/C17H17N5O2S2/c1-10-7-8-19-22(10)13-5-3-12(4-6-13)15(24)21-17-20-11(2)16(26-17)25-9-14(18)23/h3-8H,9H2,1-2H3,(H2,18,23)(H,20,21,24). The Bertz CT molecular complexity index is 946. The van der Waals surface area contributed by atoms with Gasteiger partial charge in [-0.2, -0.15) is 5.10 Å². The second-order valence-electron chi connectivity index (χ2n) is 5.53. The zero-order chi connectivity index (χ0) is 18.7. The van der Waals surface area contributed by atoms with Crippen LogP contribution < -0.4 is 11.1 Å². The maximum atomic E-state index is 12.4. The van der Waals surface area contributed by atoms with Crippen molar-refractivity contribution in [2.75, 3.05) is 11.1 Å². The summed E-state index contributed by atoms with van der Waals surface area (Å²) in [5.41, 5.74) is 8.35. The normalized spacial score (nSPS) is 10.7. The van der Waals surface area contributed by atoms with Crippen LogP contribution >= 0.6 is 23.1 Å². The van der Waals surface area contributed by atoms with E-state index in [0.29, 0.717) is 10.7 Å². The molecule has 0 saturated carbocycles. The van der Waals surface area contributed by atoms with Crippen LogP contribution in [-0.4, -0.2) is 32.3 Å². The molecule has 7 nitrogen and oxygen atoms in total. The quantitative estimate of drug-likeness (QED) is 0.633. The van der Waals surface area contributed by atoms with Crippen LogP contribution in [0, 0.1) is 13.8 Å². The van der Waals surface area contributed by atoms with Gasteiger partial charge in [-0.05, 0) is 44.2 Å². The Balaban J connectivity index is 1.69. The van der Waals surface area contributed by atoms with E-state index in [0.717, 1.165) is 21.3 Å². The van der Waals surface area contributed by atoms with E-state index < -0.39 is 0 Å². The van der Waals surface area contributed by atoms with Gasteiger partial charge in [0.2, 0.25) is 5.91 Å². The summed E-state index contributed by atoms with van der Waals surface area (Å²) in [6.07, 6.45) is 1.73. The highest BCUT2D eigenvalue weighted by atomic mass is 32.2. The van der Waals surface area contributed by atoms with Crippen molar-refractivity contribution in [1.29, 1.82) is 0 Å². The highest BCUT2D eigenvalue weighted by Gasteiger charge is 2.13. The average Bonchev–Trinajstić information content (AvgIpc) is 3.18. The smallest absolute Gasteiger partial charge is 0.257 e. The molecule has 2 heterocycles. The molecule has 0 saturated heterocycles. The Labute approximate surface area is 158 Å². The van der Waals surface area contributed by atoms with E-state index >= 15 is 0 Å². The van der Waals surface area contributed by atoms with Gasteiger partial charge < -0.3 is 5.73 Å². The molecule has 0 atom stereocenters. The van der Waals surface area contributed by atoms with Gasteiger partial charge in [-0.1, -0.05) is 11.3 Å². The number of hydrogen-bond acceptors (Lipinski definition) is 6. The molecule has 1 aromatic carbocycles. The van der Waals surface area contributed by atoms with Crippen LogP contribution in [0.2, 0.25) is 0 Å². The minimum absolute atomic E-state index is 0.185. The van der Waals surface area contributed by atoms with Gasteiger partial charge in [0.25, 0.3) is 5.91 Å². The van der Waals surface area contributed by atoms with Gasteiger partial charge in [0.15, 0.2) is 5.13 Å². The number of primary amides is 1. The van der Waals surface area contributed by atoms with Gasteiger partial charge in [-0.25, -0.2) is 9.67 Å². The Morgan fingerprint density at radius 2 is 1.96 bits per heavy atom. The summed E-state index contributed by atoms with van der Waals surface area (Å²) in [4.78, 5) is 27.6. The molecule has 2 aromatic heterocycles. The van der Waals surface area contributed by atoms with E-state index in [-0.39, 0.29) is 17.6 Å². The summed E-state index contributed by atoms with van der Waals surface area (Å²) in [6.45, 7) is 3.79. The fraction of sp³-hybridized carbons (Fsp3) is 0.176. The number of carbonyl (C=O) groups excluding carboxylic acids is 2. The third-order valence-corrected chi connectivity index (χ3v) is 5.98. The fourth-order valence-corrected chi connectivity index (χ4v) is 4.14. The molecule has 0 spiro atoms. The minimum atomic E-state index is -0.388. The van der Waals surface area contributed by atoms with Crippen molar-refractivity contribution in [3.8, 4) is 5.69 Å². The number of hydrogen-bond donors (Lipinski definition) is 2. The molecule has 0 radical (unpaired) electrons. The lowest BCUT2D eigenvalue weighted by Crippen LogP contribution is -2.12. The van der Waals surface area contributed by atoms with E-state index in [1.54, 1.807) is 23.0 Å². The Hall–Kier alpha value is -2.65. The van der Waals surface area contributed by atoms with Crippen molar-refractivity contribution >= 4 is 40.0 Å². The summed E-state index contributed by atoms with van der Waals surface area (Å²) in [5.74, 6) is -0.445. The Kier molecular flexibility index (Phi) is 5.38. The topological polar surface area (TPSA) is 103 Å². The maximum absolute atomic E-state index is 12.4. The molecule has 0 fully saturated rings. The zero-order valence-electron chi connectivity index (χ0n) is 14.2. The fourth-order valence-electron chi connectivity index (χ4n) is 2.27. The molecule has 9 heteroatoms. The second-order valence-corrected chi connectivity index (χ2v) is 7.78. The molecule has 3 N–H and O–H groups in total. The third kappa shape index (κ3) is 4.12. The van der Waals surface area contributed by atoms with Crippen molar-refractivity contribution < 1.29 is 9.59 Å². The molecule has 2 amide bonds. The van der Waals surface area contributed by atoms with Crippen LogP contribution in [-0.2, 0) is 4.79 Å². The van der Waals surface area contributed by atoms with E-state index in [1.165, 1.54) is 23.1 Å². The summed E-state index contributed by atoms with van der Waals surface area (Å²) < 4.78 is 2.66. The maximum Gasteiger partial charge on any atom is 0.257 e. The highest BCUT2D eigenvalue weighted by molar-refractivity contribution is 8.01. The molecule has 3 rings (SSSR count). The SMILES string of the molecule is Cc1nc(NC(=O)c2ccc(-n3nccc3C)cc2)sc1SCC(N)=O. The molecule has 0 aliphatic carbocycles. The van der Waals surface area contributed by atoms with Crippen LogP contribution in [0.25, 0.3) is 5.69 Å². The first-order chi connectivity index (χ1) is 12.4. The van der Waals surface area contributed by atoms with Crippen LogP contribution in [0.4, 0.5) is 5.13 Å². The van der Waals surface area contributed by atoms with Gasteiger partial charge in [0.05, 0.1) is 21.3 Å². The first kappa shape index (κ1) is 18.2. The summed E-state index contributed by atoms with van der Waals surface area (Å²) in [7, 11) is 0. The van der Waals surface area contributed by atoms with Crippen molar-refractivity contribution in [3.63, 3.8) is 0 Å². The second kappa shape index (κ2) is 7.71. The van der Waals surface area contributed by atoms with Gasteiger partial charge in [0.1, 0.15) is 0 Å².